The standard InChI is InChI=1S/C10H14O2P/c1-2-3-9-12-13(11)10-7-5-4-6-8-10/h4-8H,2-3,9H2,1H3/q+1. The summed E-state index contributed by atoms with van der Waals surface area (Å²) in [6.07, 6.45) is 2.03. The van der Waals surface area contributed by atoms with E-state index < -0.39 is 8.03 Å². The third-order valence-corrected chi connectivity index (χ3v) is 2.81. The molecule has 0 amide bonds. The van der Waals surface area contributed by atoms with Crippen LogP contribution >= 0.6 is 8.03 Å². The van der Waals surface area contributed by atoms with Gasteiger partial charge in [-0.25, -0.2) is 0 Å². The molecule has 1 unspecified atom stereocenters. The van der Waals surface area contributed by atoms with Crippen LogP contribution in [-0.4, -0.2) is 6.61 Å². The van der Waals surface area contributed by atoms with E-state index in [-0.39, 0.29) is 0 Å². The predicted octanol–water partition coefficient (Wildman–Crippen LogP) is 2.87. The van der Waals surface area contributed by atoms with E-state index in [2.05, 4.69) is 6.92 Å². The van der Waals surface area contributed by atoms with Gasteiger partial charge in [-0.2, -0.15) is 0 Å². The fourth-order valence-electron chi connectivity index (χ4n) is 0.916. The summed E-state index contributed by atoms with van der Waals surface area (Å²) in [6, 6.07) is 9.28. The molecule has 0 aromatic heterocycles. The average molecular weight is 197 g/mol. The second kappa shape index (κ2) is 5.85. The Bertz CT molecular complexity index is 259. The lowest BCUT2D eigenvalue weighted by Gasteiger charge is -1.89. The van der Waals surface area contributed by atoms with Crippen LogP contribution in [0, 0.1) is 0 Å². The molecule has 0 aliphatic carbocycles. The molecule has 1 aromatic rings. The molecule has 0 spiro atoms. The van der Waals surface area contributed by atoms with Crippen LogP contribution in [0.3, 0.4) is 0 Å². The number of benzene rings is 1. The van der Waals surface area contributed by atoms with Crippen molar-refractivity contribution in [3.63, 3.8) is 0 Å². The predicted molar refractivity (Wildman–Crippen MR) is 54.5 cm³/mol. The molecule has 0 radical (unpaired) electrons. The zero-order valence-corrected chi connectivity index (χ0v) is 8.67. The molecule has 1 atom stereocenters. The SMILES string of the molecule is CCCCO[P+](=O)c1ccccc1. The van der Waals surface area contributed by atoms with Gasteiger partial charge in [0.1, 0.15) is 6.61 Å². The summed E-state index contributed by atoms with van der Waals surface area (Å²) >= 11 is 0. The van der Waals surface area contributed by atoms with E-state index in [9.17, 15) is 4.57 Å². The summed E-state index contributed by atoms with van der Waals surface area (Å²) in [5, 5.41) is 0.772. The Morgan fingerprint density at radius 2 is 2.00 bits per heavy atom. The van der Waals surface area contributed by atoms with Crippen molar-refractivity contribution in [2.45, 2.75) is 19.8 Å². The zero-order chi connectivity index (χ0) is 9.52. The van der Waals surface area contributed by atoms with Gasteiger partial charge in [0.05, 0.1) is 0 Å². The van der Waals surface area contributed by atoms with Crippen molar-refractivity contribution in [1.82, 2.24) is 0 Å². The van der Waals surface area contributed by atoms with Gasteiger partial charge in [0.2, 0.25) is 5.30 Å². The average Bonchev–Trinajstić information content (AvgIpc) is 2.19. The first-order valence-corrected chi connectivity index (χ1v) is 5.67. The minimum atomic E-state index is -1.64. The van der Waals surface area contributed by atoms with Crippen LogP contribution in [0.4, 0.5) is 0 Å². The van der Waals surface area contributed by atoms with E-state index in [0.29, 0.717) is 6.61 Å². The summed E-state index contributed by atoms with van der Waals surface area (Å²) in [5.41, 5.74) is 0. The highest BCUT2D eigenvalue weighted by molar-refractivity contribution is 7.48. The fourth-order valence-corrected chi connectivity index (χ4v) is 1.78. The smallest absolute Gasteiger partial charge is 0.142 e. The fraction of sp³-hybridized carbons (Fsp3) is 0.400. The molecule has 0 N–H and O–H groups in total. The minimum absolute atomic E-state index is 0.584. The normalized spacial score (nSPS) is 11.3. The van der Waals surface area contributed by atoms with Gasteiger partial charge in [0.25, 0.3) is 0 Å². The van der Waals surface area contributed by atoms with Crippen molar-refractivity contribution >= 4 is 13.3 Å². The van der Waals surface area contributed by atoms with Crippen LogP contribution in [0.1, 0.15) is 19.8 Å². The summed E-state index contributed by atoms with van der Waals surface area (Å²) in [6.45, 7) is 2.67. The Kier molecular flexibility index (Phi) is 4.66. The molecule has 0 bridgehead atoms. The molecule has 0 heterocycles. The molecule has 70 valence electrons. The summed E-state index contributed by atoms with van der Waals surface area (Å²) in [7, 11) is -1.64. The van der Waals surface area contributed by atoms with Gasteiger partial charge in [0.15, 0.2) is 0 Å². The molecule has 13 heavy (non-hydrogen) atoms. The van der Waals surface area contributed by atoms with E-state index in [1.165, 1.54) is 0 Å². The Labute approximate surface area is 79.8 Å². The summed E-state index contributed by atoms with van der Waals surface area (Å²) < 4.78 is 16.6. The maximum Gasteiger partial charge on any atom is 0.548 e. The lowest BCUT2D eigenvalue weighted by molar-refractivity contribution is 0.326. The molecular formula is C10H14O2P+. The maximum atomic E-state index is 11.4. The third kappa shape index (κ3) is 3.67. The molecule has 3 heteroatoms. The second-order valence-electron chi connectivity index (χ2n) is 2.78. The highest BCUT2D eigenvalue weighted by Crippen LogP contribution is 2.21. The van der Waals surface area contributed by atoms with Crippen LogP contribution in [-0.2, 0) is 9.09 Å². The molecule has 0 fully saturated rings. The summed E-state index contributed by atoms with van der Waals surface area (Å²) in [4.78, 5) is 0. The summed E-state index contributed by atoms with van der Waals surface area (Å²) in [5.74, 6) is 0. The Morgan fingerprint density at radius 3 is 2.62 bits per heavy atom. The van der Waals surface area contributed by atoms with Gasteiger partial charge in [-0.1, -0.05) is 31.5 Å². The van der Waals surface area contributed by atoms with Crippen LogP contribution in [0.15, 0.2) is 30.3 Å². The lowest BCUT2D eigenvalue weighted by atomic mass is 10.4. The molecule has 2 nitrogen and oxygen atoms in total. The van der Waals surface area contributed by atoms with Crippen molar-refractivity contribution in [3.05, 3.63) is 30.3 Å². The van der Waals surface area contributed by atoms with Crippen molar-refractivity contribution < 1.29 is 9.09 Å². The quantitative estimate of drug-likeness (QED) is 0.536. The van der Waals surface area contributed by atoms with Gasteiger partial charge < -0.3 is 0 Å². The monoisotopic (exact) mass is 197 g/mol. The molecule has 1 rings (SSSR count). The first-order valence-electron chi connectivity index (χ1n) is 4.50. The van der Waals surface area contributed by atoms with Crippen LogP contribution < -0.4 is 5.30 Å². The van der Waals surface area contributed by atoms with Crippen molar-refractivity contribution in [3.8, 4) is 0 Å². The first kappa shape index (κ1) is 10.4. The number of hydrogen-bond donors (Lipinski definition) is 0. The zero-order valence-electron chi connectivity index (χ0n) is 7.77. The van der Waals surface area contributed by atoms with Crippen molar-refractivity contribution in [2.75, 3.05) is 6.61 Å². The Morgan fingerprint density at radius 1 is 1.31 bits per heavy atom. The molecule has 1 aromatic carbocycles. The first-order chi connectivity index (χ1) is 6.34. The highest BCUT2D eigenvalue weighted by Gasteiger charge is 2.20. The van der Waals surface area contributed by atoms with E-state index in [1.807, 2.05) is 30.3 Å². The Hall–Kier alpha value is -0.720. The van der Waals surface area contributed by atoms with Crippen molar-refractivity contribution in [2.24, 2.45) is 0 Å². The van der Waals surface area contributed by atoms with Crippen LogP contribution in [0.5, 0.6) is 0 Å². The number of unbranched alkanes of at least 4 members (excludes halogenated alkanes) is 1. The van der Waals surface area contributed by atoms with Crippen LogP contribution in [0.25, 0.3) is 0 Å². The maximum absolute atomic E-state index is 11.4. The van der Waals surface area contributed by atoms with E-state index in [4.69, 9.17) is 4.52 Å². The third-order valence-electron chi connectivity index (χ3n) is 1.67. The minimum Gasteiger partial charge on any atom is -0.142 e. The largest absolute Gasteiger partial charge is 0.548 e. The molecule has 0 saturated heterocycles. The van der Waals surface area contributed by atoms with Gasteiger partial charge in [-0.05, 0) is 23.1 Å². The van der Waals surface area contributed by atoms with Gasteiger partial charge in [-0.3, -0.25) is 0 Å². The molecule has 0 aliphatic heterocycles. The number of hydrogen-bond acceptors (Lipinski definition) is 2. The Balaban J connectivity index is 2.40. The molecule has 0 saturated carbocycles. The second-order valence-corrected chi connectivity index (χ2v) is 4.07. The van der Waals surface area contributed by atoms with E-state index in [0.717, 1.165) is 18.1 Å². The molecule has 0 aliphatic rings. The highest BCUT2D eigenvalue weighted by atomic mass is 31.1. The van der Waals surface area contributed by atoms with Gasteiger partial charge in [-0.15, -0.1) is 4.52 Å². The number of rotatable bonds is 5. The van der Waals surface area contributed by atoms with E-state index in [1.54, 1.807) is 0 Å². The van der Waals surface area contributed by atoms with Crippen molar-refractivity contribution in [1.29, 1.82) is 0 Å². The topological polar surface area (TPSA) is 26.3 Å². The molecular weight excluding hydrogens is 183 g/mol. The lowest BCUT2D eigenvalue weighted by Crippen LogP contribution is -1.97. The van der Waals surface area contributed by atoms with Crippen LogP contribution in [0.2, 0.25) is 0 Å². The van der Waals surface area contributed by atoms with Gasteiger partial charge in [0, 0.05) is 0 Å². The van der Waals surface area contributed by atoms with E-state index >= 15 is 0 Å². The van der Waals surface area contributed by atoms with Gasteiger partial charge >= 0.3 is 8.03 Å².